The van der Waals surface area contributed by atoms with E-state index < -0.39 is 62.7 Å². The first-order chi connectivity index (χ1) is 13.7. The third-order valence-corrected chi connectivity index (χ3v) is 9.88. The van der Waals surface area contributed by atoms with Gasteiger partial charge >= 0.3 is 12.2 Å². The molecule has 1 saturated heterocycles. The van der Waals surface area contributed by atoms with E-state index in [9.17, 15) is 19.8 Å². The Labute approximate surface area is 187 Å². The van der Waals surface area contributed by atoms with Gasteiger partial charge in [0.25, 0.3) is 0 Å². The zero-order valence-electron chi connectivity index (χ0n) is 20.9. The Hall–Kier alpha value is -1.36. The minimum Gasteiger partial charge on any atom is -0.444 e. The number of rotatable bonds is 4. The Morgan fingerprint density at radius 2 is 1.45 bits per heavy atom. The van der Waals surface area contributed by atoms with Gasteiger partial charge in [0.2, 0.25) is 0 Å². The molecule has 0 bridgehead atoms. The Bertz CT molecular complexity index is 650. The van der Waals surface area contributed by atoms with Crippen molar-refractivity contribution in [1.29, 1.82) is 0 Å². The largest absolute Gasteiger partial charge is 0.444 e. The van der Waals surface area contributed by atoms with Crippen LogP contribution < -0.4 is 5.32 Å². The molecular weight excluding hydrogens is 420 g/mol. The highest BCUT2D eigenvalue weighted by atomic mass is 28.4. The summed E-state index contributed by atoms with van der Waals surface area (Å²) in [6.07, 6.45) is -3.85. The summed E-state index contributed by atoms with van der Waals surface area (Å²) in [5.74, 6) is 0. The third kappa shape index (κ3) is 7.33. The number of nitrogens with one attached hydrogen (secondary N) is 1. The topological polar surface area (TPSA) is 118 Å². The minimum atomic E-state index is -2.40. The van der Waals surface area contributed by atoms with Crippen LogP contribution in [-0.4, -0.2) is 77.8 Å². The van der Waals surface area contributed by atoms with Crippen LogP contribution in [0.2, 0.25) is 18.1 Å². The Balaban J connectivity index is 3.33. The molecule has 0 radical (unpaired) electrons. The molecule has 1 heterocycles. The number of alkyl carbamates (subject to hydrolysis) is 1. The first-order valence-electron chi connectivity index (χ1n) is 10.7. The molecule has 3 N–H and O–H groups in total. The van der Waals surface area contributed by atoms with Gasteiger partial charge in [-0.25, -0.2) is 9.59 Å². The third-order valence-electron chi connectivity index (χ3n) is 5.41. The monoisotopic (exact) mass is 462 g/mol. The zero-order valence-corrected chi connectivity index (χ0v) is 21.9. The summed E-state index contributed by atoms with van der Waals surface area (Å²) >= 11 is 0. The average Bonchev–Trinajstić information content (AvgIpc) is 2.74. The lowest BCUT2D eigenvalue weighted by Gasteiger charge is -2.41. The highest BCUT2D eigenvalue weighted by Crippen LogP contribution is 2.40. The van der Waals surface area contributed by atoms with Gasteiger partial charge in [-0.2, -0.15) is 0 Å². The van der Waals surface area contributed by atoms with Crippen molar-refractivity contribution < 1.29 is 33.7 Å². The molecule has 2 amide bonds. The molecule has 182 valence electrons. The molecule has 10 heteroatoms. The maximum absolute atomic E-state index is 12.9. The van der Waals surface area contributed by atoms with Gasteiger partial charge in [-0.15, -0.1) is 0 Å². The molecule has 0 aromatic rings. The van der Waals surface area contributed by atoms with Gasteiger partial charge in [0.1, 0.15) is 17.2 Å². The van der Waals surface area contributed by atoms with Crippen LogP contribution in [0.3, 0.4) is 0 Å². The van der Waals surface area contributed by atoms with Gasteiger partial charge in [0.05, 0.1) is 18.8 Å². The fourth-order valence-electron chi connectivity index (χ4n) is 2.96. The Kier molecular flexibility index (Phi) is 8.25. The lowest BCUT2D eigenvalue weighted by Crippen LogP contribution is -2.55. The predicted molar refractivity (Wildman–Crippen MR) is 120 cm³/mol. The van der Waals surface area contributed by atoms with Crippen LogP contribution in [0.15, 0.2) is 0 Å². The normalized spacial score (nSPS) is 25.4. The molecule has 0 spiro atoms. The van der Waals surface area contributed by atoms with Gasteiger partial charge in [0, 0.05) is 0 Å². The van der Waals surface area contributed by atoms with Crippen molar-refractivity contribution in [1.82, 2.24) is 10.2 Å². The molecule has 4 atom stereocenters. The molecular formula is C21H42N2O7Si. The molecule has 0 aliphatic carbocycles. The van der Waals surface area contributed by atoms with E-state index in [1.54, 1.807) is 41.5 Å². The molecule has 9 nitrogen and oxygen atoms in total. The summed E-state index contributed by atoms with van der Waals surface area (Å²) in [6, 6.07) is -1.91. The quantitative estimate of drug-likeness (QED) is 0.549. The number of nitrogens with zero attached hydrogens (tertiary/aromatic N) is 1. The summed E-state index contributed by atoms with van der Waals surface area (Å²) in [7, 11) is -2.40. The van der Waals surface area contributed by atoms with E-state index >= 15 is 0 Å². The maximum atomic E-state index is 12.9. The number of hydrogen-bond acceptors (Lipinski definition) is 7. The van der Waals surface area contributed by atoms with Crippen LogP contribution in [0, 0.1) is 0 Å². The molecule has 1 rings (SSSR count). The molecule has 0 aromatic carbocycles. The molecule has 0 unspecified atom stereocenters. The van der Waals surface area contributed by atoms with Crippen LogP contribution >= 0.6 is 0 Å². The van der Waals surface area contributed by atoms with Crippen LogP contribution in [0.5, 0.6) is 0 Å². The Morgan fingerprint density at radius 3 is 1.84 bits per heavy atom. The van der Waals surface area contributed by atoms with Crippen LogP contribution in [0.1, 0.15) is 62.3 Å². The minimum absolute atomic E-state index is 0.173. The fourth-order valence-corrected chi connectivity index (χ4v) is 4.29. The van der Waals surface area contributed by atoms with E-state index in [1.165, 1.54) is 0 Å². The van der Waals surface area contributed by atoms with Crippen LogP contribution in [0.4, 0.5) is 9.59 Å². The van der Waals surface area contributed by atoms with E-state index in [2.05, 4.69) is 26.1 Å². The zero-order chi connectivity index (χ0) is 24.6. The van der Waals surface area contributed by atoms with Crippen molar-refractivity contribution in [3.05, 3.63) is 0 Å². The van der Waals surface area contributed by atoms with Crippen LogP contribution in [0.25, 0.3) is 0 Å². The molecule has 1 aliphatic heterocycles. The van der Waals surface area contributed by atoms with Crippen molar-refractivity contribution in [3.63, 3.8) is 0 Å². The van der Waals surface area contributed by atoms with Gasteiger partial charge in [-0.3, -0.25) is 4.90 Å². The summed E-state index contributed by atoms with van der Waals surface area (Å²) in [6.45, 7) is 20.1. The molecule has 0 aromatic heterocycles. The van der Waals surface area contributed by atoms with Crippen molar-refractivity contribution in [2.45, 2.75) is 116 Å². The lowest BCUT2D eigenvalue weighted by atomic mass is 10.1. The van der Waals surface area contributed by atoms with E-state index in [-0.39, 0.29) is 5.04 Å². The number of ether oxygens (including phenoxy) is 2. The molecule has 1 aliphatic rings. The number of hydrogen-bond donors (Lipinski definition) is 3. The number of aliphatic hydroxyl groups excluding tert-OH is 2. The SMILES string of the molecule is CC(C)(C)OC(=O)N[C@@H]1[C@@H](O[Si](C)(C)C(C)(C)C)[C@H](CO)N(C(=O)OC(C)(C)C)[C@@H]1O. The number of carbonyl (C=O) groups is 2. The van der Waals surface area contributed by atoms with Gasteiger partial charge in [-0.1, -0.05) is 20.8 Å². The standard InChI is InChI=1S/C21H42N2O7Si/c1-19(2,3)28-17(26)22-14-15(30-31(10,11)21(7,8)9)13(12-24)23(16(14)25)18(27)29-20(4,5)6/h13-16,24-25H,12H2,1-11H3,(H,22,26)/t13-,14+,15-,16+/m0/s1. The van der Waals surface area contributed by atoms with E-state index in [4.69, 9.17) is 13.9 Å². The Morgan fingerprint density at radius 1 is 0.968 bits per heavy atom. The second kappa shape index (κ2) is 9.25. The predicted octanol–water partition coefficient (Wildman–Crippen LogP) is 3.20. The molecule has 1 fully saturated rings. The fraction of sp³-hybridized carbons (Fsp3) is 0.905. The molecule has 31 heavy (non-hydrogen) atoms. The number of likely N-dealkylation sites (tertiary alicyclic amines) is 1. The second-order valence-corrected chi connectivity index (χ2v) is 16.3. The summed E-state index contributed by atoms with van der Waals surface area (Å²) in [5.41, 5.74) is -1.55. The number of aliphatic hydroxyl groups is 2. The van der Waals surface area contributed by atoms with Crippen molar-refractivity contribution in [2.75, 3.05) is 6.61 Å². The lowest BCUT2D eigenvalue weighted by molar-refractivity contribution is -0.0376. The van der Waals surface area contributed by atoms with Crippen molar-refractivity contribution in [3.8, 4) is 0 Å². The first kappa shape index (κ1) is 27.7. The highest BCUT2D eigenvalue weighted by Gasteiger charge is 2.55. The number of amides is 2. The second-order valence-electron chi connectivity index (χ2n) is 11.6. The maximum Gasteiger partial charge on any atom is 0.412 e. The summed E-state index contributed by atoms with van der Waals surface area (Å²) < 4.78 is 17.3. The average molecular weight is 463 g/mol. The summed E-state index contributed by atoms with van der Waals surface area (Å²) in [5, 5.41) is 23.6. The smallest absolute Gasteiger partial charge is 0.412 e. The number of carbonyl (C=O) groups excluding carboxylic acids is 2. The summed E-state index contributed by atoms with van der Waals surface area (Å²) in [4.78, 5) is 26.4. The first-order valence-corrected chi connectivity index (χ1v) is 13.6. The van der Waals surface area contributed by atoms with Gasteiger partial charge in [-0.05, 0) is 59.7 Å². The van der Waals surface area contributed by atoms with Crippen molar-refractivity contribution in [2.24, 2.45) is 0 Å². The van der Waals surface area contributed by atoms with Crippen molar-refractivity contribution >= 4 is 20.5 Å². The van der Waals surface area contributed by atoms with Gasteiger partial charge in [0.15, 0.2) is 14.5 Å². The van der Waals surface area contributed by atoms with E-state index in [0.717, 1.165) is 4.90 Å². The van der Waals surface area contributed by atoms with E-state index in [1.807, 2.05) is 13.1 Å². The van der Waals surface area contributed by atoms with E-state index in [0.29, 0.717) is 0 Å². The van der Waals surface area contributed by atoms with Gasteiger partial charge < -0.3 is 29.4 Å². The molecule has 0 saturated carbocycles. The highest BCUT2D eigenvalue weighted by molar-refractivity contribution is 6.74. The van der Waals surface area contributed by atoms with Crippen LogP contribution in [-0.2, 0) is 13.9 Å².